The van der Waals surface area contributed by atoms with Crippen LogP contribution in [-0.2, 0) is 14.3 Å². The van der Waals surface area contributed by atoms with Crippen molar-refractivity contribution >= 4 is 11.8 Å². The lowest BCUT2D eigenvalue weighted by Crippen LogP contribution is -2.37. The minimum absolute atomic E-state index is 0.0496. The van der Waals surface area contributed by atoms with E-state index in [4.69, 9.17) is 4.74 Å². The second-order valence-electron chi connectivity index (χ2n) is 4.19. The summed E-state index contributed by atoms with van der Waals surface area (Å²) in [4.78, 5) is 24.8. The number of hydrogen-bond donors (Lipinski definition) is 2. The van der Waals surface area contributed by atoms with Crippen LogP contribution in [0.5, 0.6) is 0 Å². The molecule has 2 amide bonds. The maximum Gasteiger partial charge on any atom is 0.233 e. The van der Waals surface area contributed by atoms with Gasteiger partial charge in [0.05, 0.1) is 6.54 Å². The fraction of sp³-hybridized carbons (Fsp3) is 0.846. The Balaban J connectivity index is 3.52. The lowest BCUT2D eigenvalue weighted by molar-refractivity contribution is -0.131. The van der Waals surface area contributed by atoms with Crippen molar-refractivity contribution in [2.75, 3.05) is 46.4 Å². The van der Waals surface area contributed by atoms with Gasteiger partial charge in [0.1, 0.15) is 0 Å². The summed E-state index contributed by atoms with van der Waals surface area (Å²) in [6, 6.07) is 0. The van der Waals surface area contributed by atoms with Crippen molar-refractivity contribution in [3.8, 4) is 0 Å². The molecule has 0 heterocycles. The fourth-order valence-corrected chi connectivity index (χ4v) is 1.64. The monoisotopic (exact) mass is 273 g/mol. The number of nitrogens with one attached hydrogen (secondary N) is 2. The third kappa shape index (κ3) is 9.44. The van der Waals surface area contributed by atoms with Crippen LogP contribution in [0.4, 0.5) is 0 Å². The molecule has 0 saturated heterocycles. The Kier molecular flexibility index (Phi) is 11.2. The zero-order valence-corrected chi connectivity index (χ0v) is 12.3. The normalized spacial score (nSPS) is 10.3. The van der Waals surface area contributed by atoms with Gasteiger partial charge >= 0.3 is 0 Å². The van der Waals surface area contributed by atoms with Crippen LogP contribution in [0.1, 0.15) is 26.7 Å². The van der Waals surface area contributed by atoms with Gasteiger partial charge in [0.25, 0.3) is 0 Å². The number of carbonyl (C=O) groups excluding carboxylic acids is 2. The molecule has 0 saturated carbocycles. The van der Waals surface area contributed by atoms with Gasteiger partial charge in [-0.05, 0) is 20.3 Å². The summed E-state index contributed by atoms with van der Waals surface area (Å²) in [5, 5.41) is 5.74. The minimum atomic E-state index is -0.0496. The molecule has 0 radical (unpaired) electrons. The SMILES string of the molecule is CCN(CC)C(=O)CCNCC(=O)NCCCOC. The second kappa shape index (κ2) is 11.9. The summed E-state index contributed by atoms with van der Waals surface area (Å²) >= 11 is 0. The van der Waals surface area contributed by atoms with Crippen LogP contribution in [0.25, 0.3) is 0 Å². The molecule has 0 aromatic heterocycles. The molecule has 0 rings (SSSR count). The van der Waals surface area contributed by atoms with E-state index in [1.807, 2.05) is 13.8 Å². The third-order valence-corrected chi connectivity index (χ3v) is 2.76. The molecular weight excluding hydrogens is 246 g/mol. The van der Waals surface area contributed by atoms with Gasteiger partial charge in [0, 0.05) is 46.3 Å². The van der Waals surface area contributed by atoms with E-state index in [0.717, 1.165) is 19.5 Å². The van der Waals surface area contributed by atoms with Gasteiger partial charge in [0.2, 0.25) is 11.8 Å². The molecule has 0 spiro atoms. The quantitative estimate of drug-likeness (QED) is 0.519. The first-order chi connectivity index (χ1) is 9.15. The number of methoxy groups -OCH3 is 1. The number of nitrogens with zero attached hydrogens (tertiary/aromatic N) is 1. The van der Waals surface area contributed by atoms with Gasteiger partial charge in [-0.15, -0.1) is 0 Å². The third-order valence-electron chi connectivity index (χ3n) is 2.76. The lowest BCUT2D eigenvalue weighted by atomic mass is 10.3. The van der Waals surface area contributed by atoms with E-state index in [1.165, 1.54) is 0 Å². The first kappa shape index (κ1) is 17.9. The number of ether oxygens (including phenoxy) is 1. The molecule has 0 bridgehead atoms. The zero-order valence-electron chi connectivity index (χ0n) is 12.3. The molecule has 0 aliphatic heterocycles. The first-order valence-electron chi connectivity index (χ1n) is 6.89. The number of hydrogen-bond acceptors (Lipinski definition) is 4. The van der Waals surface area contributed by atoms with Crippen molar-refractivity contribution in [3.63, 3.8) is 0 Å². The molecule has 19 heavy (non-hydrogen) atoms. The Morgan fingerprint density at radius 2 is 1.84 bits per heavy atom. The van der Waals surface area contributed by atoms with Gasteiger partial charge in [0.15, 0.2) is 0 Å². The van der Waals surface area contributed by atoms with E-state index in [2.05, 4.69) is 10.6 Å². The van der Waals surface area contributed by atoms with Crippen LogP contribution < -0.4 is 10.6 Å². The highest BCUT2D eigenvalue weighted by Gasteiger charge is 2.08. The summed E-state index contributed by atoms with van der Waals surface area (Å²) in [7, 11) is 1.64. The van der Waals surface area contributed by atoms with Crippen LogP contribution >= 0.6 is 0 Å². The molecule has 0 aliphatic rings. The van der Waals surface area contributed by atoms with Gasteiger partial charge < -0.3 is 20.3 Å². The topological polar surface area (TPSA) is 70.7 Å². The zero-order chi connectivity index (χ0) is 14.5. The Morgan fingerprint density at radius 3 is 2.42 bits per heavy atom. The Morgan fingerprint density at radius 1 is 1.16 bits per heavy atom. The smallest absolute Gasteiger partial charge is 0.233 e. The molecule has 112 valence electrons. The number of amides is 2. The van der Waals surface area contributed by atoms with Gasteiger partial charge in [-0.25, -0.2) is 0 Å². The van der Waals surface area contributed by atoms with E-state index < -0.39 is 0 Å². The second-order valence-corrected chi connectivity index (χ2v) is 4.19. The molecule has 2 N–H and O–H groups in total. The standard InChI is InChI=1S/C13H27N3O3/c1-4-16(5-2)13(18)7-9-14-11-12(17)15-8-6-10-19-3/h14H,4-11H2,1-3H3,(H,15,17). The number of rotatable bonds is 11. The molecule has 0 fully saturated rings. The summed E-state index contributed by atoms with van der Waals surface area (Å²) in [5.41, 5.74) is 0. The van der Waals surface area contributed by atoms with E-state index in [0.29, 0.717) is 26.1 Å². The summed E-state index contributed by atoms with van der Waals surface area (Å²) in [5.74, 6) is 0.0735. The maximum atomic E-state index is 11.7. The van der Waals surface area contributed by atoms with Crippen molar-refractivity contribution in [2.24, 2.45) is 0 Å². The lowest BCUT2D eigenvalue weighted by Gasteiger charge is -2.18. The Hall–Kier alpha value is -1.14. The van der Waals surface area contributed by atoms with Crippen LogP contribution in [0.3, 0.4) is 0 Å². The molecule has 6 nitrogen and oxygen atoms in total. The molecule has 0 aromatic carbocycles. The molecule has 6 heteroatoms. The van der Waals surface area contributed by atoms with Crippen LogP contribution in [0, 0.1) is 0 Å². The summed E-state index contributed by atoms with van der Waals surface area (Å²) in [6.07, 6.45) is 1.24. The fourth-order valence-electron chi connectivity index (χ4n) is 1.64. The average molecular weight is 273 g/mol. The molecule has 0 aliphatic carbocycles. The van der Waals surface area contributed by atoms with Crippen molar-refractivity contribution in [2.45, 2.75) is 26.7 Å². The molecule has 0 unspecified atom stereocenters. The Bertz CT molecular complexity index is 256. The van der Waals surface area contributed by atoms with Crippen molar-refractivity contribution in [1.29, 1.82) is 0 Å². The first-order valence-corrected chi connectivity index (χ1v) is 6.89. The number of carbonyl (C=O) groups is 2. The van der Waals surface area contributed by atoms with E-state index in [1.54, 1.807) is 12.0 Å². The highest BCUT2D eigenvalue weighted by molar-refractivity contribution is 5.78. The van der Waals surface area contributed by atoms with Gasteiger partial charge in [-0.3, -0.25) is 9.59 Å². The molecular formula is C13H27N3O3. The van der Waals surface area contributed by atoms with Crippen molar-refractivity contribution in [1.82, 2.24) is 15.5 Å². The predicted octanol–water partition coefficient (Wildman–Crippen LogP) is -0.0128. The molecule has 0 atom stereocenters. The van der Waals surface area contributed by atoms with E-state index >= 15 is 0 Å². The molecule has 0 aromatic rings. The highest BCUT2D eigenvalue weighted by Crippen LogP contribution is 1.92. The van der Waals surface area contributed by atoms with Crippen molar-refractivity contribution in [3.05, 3.63) is 0 Å². The van der Waals surface area contributed by atoms with Gasteiger partial charge in [-0.2, -0.15) is 0 Å². The van der Waals surface area contributed by atoms with Crippen LogP contribution in [0.2, 0.25) is 0 Å². The highest BCUT2D eigenvalue weighted by atomic mass is 16.5. The largest absolute Gasteiger partial charge is 0.385 e. The van der Waals surface area contributed by atoms with Crippen LogP contribution in [0.15, 0.2) is 0 Å². The minimum Gasteiger partial charge on any atom is -0.385 e. The van der Waals surface area contributed by atoms with E-state index in [-0.39, 0.29) is 18.4 Å². The average Bonchev–Trinajstić information content (AvgIpc) is 2.41. The van der Waals surface area contributed by atoms with E-state index in [9.17, 15) is 9.59 Å². The summed E-state index contributed by atoms with van der Waals surface area (Å²) < 4.78 is 4.88. The Labute approximate surface area is 115 Å². The predicted molar refractivity (Wildman–Crippen MR) is 74.9 cm³/mol. The van der Waals surface area contributed by atoms with Crippen LogP contribution in [-0.4, -0.2) is 63.2 Å². The van der Waals surface area contributed by atoms with Gasteiger partial charge in [-0.1, -0.05) is 0 Å². The maximum absolute atomic E-state index is 11.7. The van der Waals surface area contributed by atoms with Crippen molar-refractivity contribution < 1.29 is 14.3 Å². The summed E-state index contributed by atoms with van der Waals surface area (Å²) in [6.45, 7) is 7.42.